The molecule has 0 aliphatic carbocycles. The summed E-state index contributed by atoms with van der Waals surface area (Å²) in [6.45, 7) is 1.99. The molecule has 0 bridgehead atoms. The number of aryl methyl sites for hydroxylation is 1. The third-order valence-electron chi connectivity index (χ3n) is 4.19. The summed E-state index contributed by atoms with van der Waals surface area (Å²) in [5.41, 5.74) is 3.07. The van der Waals surface area contributed by atoms with Gasteiger partial charge in [0.2, 0.25) is 5.91 Å². The molecular formula is C23H21N3O3S2. The van der Waals surface area contributed by atoms with Crippen molar-refractivity contribution in [1.82, 2.24) is 5.32 Å². The maximum atomic E-state index is 12.5. The van der Waals surface area contributed by atoms with Gasteiger partial charge in [-0.25, -0.2) is 8.42 Å². The SMILES string of the molecule is Cc1ccc(C=CC(=O)NC(=S)Nc2ccc(S(=O)(=O)Nc3ccccc3)cc2)cc1. The maximum absolute atomic E-state index is 12.5. The fourth-order valence-electron chi connectivity index (χ4n) is 2.60. The highest BCUT2D eigenvalue weighted by Gasteiger charge is 2.14. The van der Waals surface area contributed by atoms with Crippen LogP contribution in [0.3, 0.4) is 0 Å². The first-order valence-electron chi connectivity index (χ1n) is 9.36. The minimum absolute atomic E-state index is 0.108. The number of para-hydroxylation sites is 1. The number of hydrogen-bond acceptors (Lipinski definition) is 4. The Morgan fingerprint density at radius 2 is 1.52 bits per heavy atom. The number of sulfonamides is 1. The maximum Gasteiger partial charge on any atom is 0.261 e. The van der Waals surface area contributed by atoms with Gasteiger partial charge >= 0.3 is 0 Å². The topological polar surface area (TPSA) is 87.3 Å². The van der Waals surface area contributed by atoms with Crippen LogP contribution in [0.2, 0.25) is 0 Å². The summed E-state index contributed by atoms with van der Waals surface area (Å²) in [6.07, 6.45) is 3.08. The lowest BCUT2D eigenvalue weighted by molar-refractivity contribution is -0.115. The van der Waals surface area contributed by atoms with Crippen LogP contribution in [0.1, 0.15) is 11.1 Å². The molecule has 0 atom stereocenters. The summed E-state index contributed by atoms with van der Waals surface area (Å²) in [7, 11) is -3.70. The van der Waals surface area contributed by atoms with E-state index in [1.807, 2.05) is 31.2 Å². The van der Waals surface area contributed by atoms with E-state index >= 15 is 0 Å². The summed E-state index contributed by atoms with van der Waals surface area (Å²) in [5, 5.41) is 5.52. The van der Waals surface area contributed by atoms with E-state index in [1.54, 1.807) is 48.5 Å². The molecule has 3 N–H and O–H groups in total. The van der Waals surface area contributed by atoms with E-state index in [0.717, 1.165) is 11.1 Å². The Balaban J connectivity index is 1.55. The smallest absolute Gasteiger partial charge is 0.261 e. The van der Waals surface area contributed by atoms with Crippen molar-refractivity contribution < 1.29 is 13.2 Å². The van der Waals surface area contributed by atoms with Crippen LogP contribution in [0.15, 0.2) is 89.8 Å². The number of benzene rings is 3. The average Bonchev–Trinajstić information content (AvgIpc) is 2.74. The number of anilines is 2. The first kappa shape index (κ1) is 22.2. The summed E-state index contributed by atoms with van der Waals surface area (Å²) in [5.74, 6) is -0.371. The van der Waals surface area contributed by atoms with Gasteiger partial charge in [0.05, 0.1) is 4.90 Å². The molecule has 3 aromatic rings. The molecule has 0 radical (unpaired) electrons. The molecule has 1 amide bonds. The highest BCUT2D eigenvalue weighted by Crippen LogP contribution is 2.18. The molecule has 8 heteroatoms. The minimum Gasteiger partial charge on any atom is -0.332 e. The third kappa shape index (κ3) is 6.77. The fourth-order valence-corrected chi connectivity index (χ4v) is 3.88. The summed E-state index contributed by atoms with van der Waals surface area (Å²) < 4.78 is 27.4. The zero-order valence-corrected chi connectivity index (χ0v) is 18.3. The Bertz CT molecular complexity index is 1190. The van der Waals surface area contributed by atoms with Crippen molar-refractivity contribution in [3.8, 4) is 0 Å². The number of carbonyl (C=O) groups excluding carboxylic acids is 1. The minimum atomic E-state index is -3.70. The molecule has 0 aliphatic rings. The summed E-state index contributed by atoms with van der Waals surface area (Å²) >= 11 is 5.15. The Hall–Kier alpha value is -3.49. The van der Waals surface area contributed by atoms with Crippen LogP contribution in [0.4, 0.5) is 11.4 Å². The molecule has 0 fully saturated rings. The lowest BCUT2D eigenvalue weighted by Crippen LogP contribution is -2.32. The van der Waals surface area contributed by atoms with Crippen molar-refractivity contribution in [1.29, 1.82) is 0 Å². The van der Waals surface area contributed by atoms with Crippen LogP contribution in [-0.4, -0.2) is 19.4 Å². The number of rotatable bonds is 6. The quantitative estimate of drug-likeness (QED) is 0.384. The second-order valence-corrected chi connectivity index (χ2v) is 8.77. The second-order valence-electron chi connectivity index (χ2n) is 6.68. The van der Waals surface area contributed by atoms with E-state index in [0.29, 0.717) is 11.4 Å². The van der Waals surface area contributed by atoms with E-state index in [9.17, 15) is 13.2 Å². The molecule has 0 unspecified atom stereocenters. The lowest BCUT2D eigenvalue weighted by Gasteiger charge is -2.10. The van der Waals surface area contributed by atoms with Crippen LogP contribution in [0.5, 0.6) is 0 Å². The van der Waals surface area contributed by atoms with Gasteiger partial charge in [0.1, 0.15) is 0 Å². The molecule has 3 rings (SSSR count). The van der Waals surface area contributed by atoms with Crippen LogP contribution in [0, 0.1) is 6.92 Å². The first-order chi connectivity index (χ1) is 14.8. The molecule has 0 spiro atoms. The van der Waals surface area contributed by atoms with Crippen LogP contribution in [0.25, 0.3) is 6.08 Å². The predicted octanol–water partition coefficient (Wildman–Crippen LogP) is 4.32. The van der Waals surface area contributed by atoms with Crippen molar-refractivity contribution in [2.75, 3.05) is 10.0 Å². The van der Waals surface area contributed by atoms with Crippen LogP contribution >= 0.6 is 12.2 Å². The Morgan fingerprint density at radius 3 is 2.16 bits per heavy atom. The van der Waals surface area contributed by atoms with Gasteiger partial charge in [-0.15, -0.1) is 0 Å². The monoisotopic (exact) mass is 451 g/mol. The largest absolute Gasteiger partial charge is 0.332 e. The molecule has 0 saturated heterocycles. The number of thiocarbonyl (C=S) groups is 1. The average molecular weight is 452 g/mol. The zero-order valence-electron chi connectivity index (χ0n) is 16.7. The highest BCUT2D eigenvalue weighted by atomic mass is 32.2. The molecule has 0 aliphatic heterocycles. The van der Waals surface area contributed by atoms with Gasteiger partial charge in [0.25, 0.3) is 10.0 Å². The van der Waals surface area contributed by atoms with Crippen molar-refractivity contribution >= 4 is 50.7 Å². The van der Waals surface area contributed by atoms with Crippen LogP contribution in [-0.2, 0) is 14.8 Å². The standard InChI is InChI=1S/C23H21N3O3S2/c1-17-7-9-18(10-8-17)11-16-22(27)25-23(30)24-19-12-14-21(15-13-19)31(28,29)26-20-5-3-2-4-6-20/h2-16,26H,1H3,(H2,24,25,27,30). The Labute approximate surface area is 187 Å². The van der Waals surface area contributed by atoms with Crippen molar-refractivity contribution in [2.24, 2.45) is 0 Å². The third-order valence-corrected chi connectivity index (χ3v) is 5.79. The molecular weight excluding hydrogens is 430 g/mol. The predicted molar refractivity (Wildman–Crippen MR) is 128 cm³/mol. The summed E-state index contributed by atoms with van der Waals surface area (Å²) in [6, 6.07) is 22.4. The second kappa shape index (κ2) is 10.0. The normalized spacial score (nSPS) is 11.1. The van der Waals surface area contributed by atoms with Gasteiger partial charge in [-0.05, 0) is 67.2 Å². The number of amides is 1. The van der Waals surface area contributed by atoms with E-state index in [4.69, 9.17) is 12.2 Å². The highest BCUT2D eigenvalue weighted by molar-refractivity contribution is 7.92. The van der Waals surface area contributed by atoms with E-state index in [1.165, 1.54) is 18.2 Å². The number of carbonyl (C=O) groups is 1. The molecule has 6 nitrogen and oxygen atoms in total. The number of nitrogens with one attached hydrogen (secondary N) is 3. The van der Waals surface area contributed by atoms with E-state index in [2.05, 4.69) is 15.4 Å². The van der Waals surface area contributed by atoms with Gasteiger partial charge in [-0.1, -0.05) is 48.0 Å². The van der Waals surface area contributed by atoms with Gasteiger partial charge < -0.3 is 5.32 Å². The van der Waals surface area contributed by atoms with Gasteiger partial charge in [-0.2, -0.15) is 0 Å². The van der Waals surface area contributed by atoms with Gasteiger partial charge in [0.15, 0.2) is 5.11 Å². The van der Waals surface area contributed by atoms with Gasteiger partial charge in [0, 0.05) is 17.5 Å². The van der Waals surface area contributed by atoms with E-state index in [-0.39, 0.29) is 15.9 Å². The van der Waals surface area contributed by atoms with E-state index < -0.39 is 10.0 Å². The molecule has 0 saturated carbocycles. The zero-order chi connectivity index (χ0) is 22.3. The van der Waals surface area contributed by atoms with Crippen molar-refractivity contribution in [3.05, 3.63) is 96.1 Å². The Kier molecular flexibility index (Phi) is 7.17. The molecule has 31 heavy (non-hydrogen) atoms. The van der Waals surface area contributed by atoms with Crippen molar-refractivity contribution in [2.45, 2.75) is 11.8 Å². The van der Waals surface area contributed by atoms with Crippen LogP contribution < -0.4 is 15.4 Å². The van der Waals surface area contributed by atoms with Crippen molar-refractivity contribution in [3.63, 3.8) is 0 Å². The Morgan fingerprint density at radius 1 is 0.871 bits per heavy atom. The molecule has 3 aromatic carbocycles. The molecule has 158 valence electrons. The first-order valence-corrected chi connectivity index (χ1v) is 11.3. The fraction of sp³-hybridized carbons (Fsp3) is 0.0435. The lowest BCUT2D eigenvalue weighted by atomic mass is 10.1. The molecule has 0 heterocycles. The summed E-state index contributed by atoms with van der Waals surface area (Å²) in [4.78, 5) is 12.1. The molecule has 0 aromatic heterocycles. The van der Waals surface area contributed by atoms with Gasteiger partial charge in [-0.3, -0.25) is 14.8 Å². The number of hydrogen-bond donors (Lipinski definition) is 3.